The smallest absolute Gasteiger partial charge is 0.153 e. The second kappa shape index (κ2) is 5.58. The number of pyridine rings is 1. The third-order valence-electron chi connectivity index (χ3n) is 3.15. The Labute approximate surface area is 128 Å². The van der Waals surface area contributed by atoms with Gasteiger partial charge in [0.25, 0.3) is 0 Å². The number of rotatable bonds is 3. The molecule has 5 heteroatoms. The van der Waals surface area contributed by atoms with E-state index in [4.69, 9.17) is 16.3 Å². The Kier molecular flexibility index (Phi) is 3.62. The molecule has 0 saturated heterocycles. The number of aryl methyl sites for hydroxylation is 1. The predicted octanol–water partition coefficient (Wildman–Crippen LogP) is 3.90. The minimum absolute atomic E-state index is 0.571. The van der Waals surface area contributed by atoms with Gasteiger partial charge >= 0.3 is 0 Å². The summed E-state index contributed by atoms with van der Waals surface area (Å²) in [5.41, 5.74) is 2.82. The van der Waals surface area contributed by atoms with Crippen LogP contribution in [0.2, 0.25) is 5.02 Å². The summed E-state index contributed by atoms with van der Waals surface area (Å²) in [7, 11) is 1.60. The molecule has 1 aromatic carbocycles. The van der Waals surface area contributed by atoms with E-state index in [1.807, 2.05) is 54.1 Å². The first-order valence-electron chi connectivity index (χ1n) is 6.51. The molecule has 0 spiro atoms. The van der Waals surface area contributed by atoms with E-state index < -0.39 is 0 Å². The van der Waals surface area contributed by atoms with E-state index in [9.17, 15) is 0 Å². The van der Waals surface area contributed by atoms with Gasteiger partial charge in [0.2, 0.25) is 0 Å². The lowest BCUT2D eigenvalue weighted by Gasteiger charge is -2.08. The zero-order valence-corrected chi connectivity index (χ0v) is 12.5. The Morgan fingerprint density at radius 3 is 2.67 bits per heavy atom. The van der Waals surface area contributed by atoms with Crippen LogP contribution < -0.4 is 4.74 Å². The number of hydrogen-bond donors (Lipinski definition) is 0. The lowest BCUT2D eigenvalue weighted by atomic mass is 10.1. The van der Waals surface area contributed by atoms with Gasteiger partial charge in [-0.15, -0.1) is 0 Å². The van der Waals surface area contributed by atoms with E-state index in [1.54, 1.807) is 13.3 Å². The minimum atomic E-state index is 0.571. The number of aromatic nitrogens is 3. The number of benzene rings is 1. The molecule has 0 N–H and O–H groups in total. The summed E-state index contributed by atoms with van der Waals surface area (Å²) >= 11 is 6.21. The van der Waals surface area contributed by atoms with Gasteiger partial charge in [-0.1, -0.05) is 17.7 Å². The highest BCUT2D eigenvalue weighted by atomic mass is 35.5. The normalized spacial score (nSPS) is 10.6. The molecule has 0 aliphatic rings. The molecule has 2 heterocycles. The lowest BCUT2D eigenvalue weighted by Crippen LogP contribution is -2.01. The first kappa shape index (κ1) is 13.6. The monoisotopic (exact) mass is 299 g/mol. The largest absolute Gasteiger partial charge is 0.495 e. The van der Waals surface area contributed by atoms with E-state index >= 15 is 0 Å². The molecule has 4 nitrogen and oxygen atoms in total. The summed E-state index contributed by atoms with van der Waals surface area (Å²) in [6.45, 7) is 1.95. The third-order valence-corrected chi connectivity index (χ3v) is 3.44. The Morgan fingerprint density at radius 1 is 1.14 bits per heavy atom. The van der Waals surface area contributed by atoms with Gasteiger partial charge in [0.05, 0.1) is 23.5 Å². The van der Waals surface area contributed by atoms with E-state index in [0.717, 1.165) is 22.8 Å². The zero-order chi connectivity index (χ0) is 14.8. The van der Waals surface area contributed by atoms with Crippen molar-refractivity contribution in [3.05, 3.63) is 59.4 Å². The van der Waals surface area contributed by atoms with Gasteiger partial charge in [0, 0.05) is 11.8 Å². The molecule has 21 heavy (non-hydrogen) atoms. The molecular weight excluding hydrogens is 286 g/mol. The van der Waals surface area contributed by atoms with Crippen molar-refractivity contribution in [2.45, 2.75) is 6.92 Å². The SMILES string of the molecule is COc1ccc(-c2cc(C)nn2-c2ccccn2)cc1Cl. The van der Waals surface area contributed by atoms with Crippen LogP contribution in [0.4, 0.5) is 0 Å². The Hall–Kier alpha value is -2.33. The average Bonchev–Trinajstić information content (AvgIpc) is 2.90. The Bertz CT molecular complexity index is 768. The number of nitrogens with zero attached hydrogens (tertiary/aromatic N) is 3. The van der Waals surface area contributed by atoms with Crippen LogP contribution >= 0.6 is 11.6 Å². The number of hydrogen-bond acceptors (Lipinski definition) is 3. The molecule has 0 amide bonds. The molecule has 0 bridgehead atoms. The zero-order valence-electron chi connectivity index (χ0n) is 11.7. The van der Waals surface area contributed by atoms with Gasteiger partial charge < -0.3 is 4.74 Å². The molecule has 0 radical (unpaired) electrons. The Morgan fingerprint density at radius 2 is 2.00 bits per heavy atom. The summed E-state index contributed by atoms with van der Waals surface area (Å²) < 4.78 is 7.00. The maximum absolute atomic E-state index is 6.21. The van der Waals surface area contributed by atoms with Crippen molar-refractivity contribution >= 4 is 11.6 Å². The Balaban J connectivity index is 2.13. The summed E-state index contributed by atoms with van der Waals surface area (Å²) in [5, 5.41) is 5.08. The van der Waals surface area contributed by atoms with Gasteiger partial charge in [-0.05, 0) is 43.3 Å². The lowest BCUT2D eigenvalue weighted by molar-refractivity contribution is 0.415. The second-order valence-electron chi connectivity index (χ2n) is 4.62. The molecule has 2 aromatic heterocycles. The van der Waals surface area contributed by atoms with Crippen LogP contribution in [0.3, 0.4) is 0 Å². The van der Waals surface area contributed by atoms with Crippen molar-refractivity contribution in [1.29, 1.82) is 0 Å². The van der Waals surface area contributed by atoms with Crippen LogP contribution in [0.15, 0.2) is 48.7 Å². The standard InChI is InChI=1S/C16H14ClN3O/c1-11-9-14(12-6-7-15(21-2)13(17)10-12)20(19-11)16-5-3-4-8-18-16/h3-10H,1-2H3. The quantitative estimate of drug-likeness (QED) is 0.736. The van der Waals surface area contributed by atoms with Crippen molar-refractivity contribution in [3.63, 3.8) is 0 Å². The fraction of sp³-hybridized carbons (Fsp3) is 0.125. The van der Waals surface area contributed by atoms with E-state index in [0.29, 0.717) is 10.8 Å². The summed E-state index contributed by atoms with van der Waals surface area (Å²) in [6, 6.07) is 13.4. The minimum Gasteiger partial charge on any atom is -0.495 e. The summed E-state index contributed by atoms with van der Waals surface area (Å²) in [6.07, 6.45) is 1.75. The van der Waals surface area contributed by atoms with Gasteiger partial charge in [-0.25, -0.2) is 9.67 Å². The van der Waals surface area contributed by atoms with Crippen molar-refractivity contribution in [1.82, 2.24) is 14.8 Å². The van der Waals surface area contributed by atoms with E-state index in [1.165, 1.54) is 0 Å². The molecule has 0 unspecified atom stereocenters. The maximum Gasteiger partial charge on any atom is 0.153 e. The number of methoxy groups -OCH3 is 1. The molecule has 3 aromatic rings. The molecular formula is C16H14ClN3O. The van der Waals surface area contributed by atoms with Crippen LogP contribution in [0.1, 0.15) is 5.69 Å². The first-order valence-corrected chi connectivity index (χ1v) is 6.89. The van der Waals surface area contributed by atoms with Crippen LogP contribution in [0, 0.1) is 6.92 Å². The van der Waals surface area contributed by atoms with Crippen LogP contribution in [-0.4, -0.2) is 21.9 Å². The fourth-order valence-corrected chi connectivity index (χ4v) is 2.44. The molecule has 0 aliphatic carbocycles. The number of halogens is 1. The van der Waals surface area contributed by atoms with Crippen molar-refractivity contribution in [3.8, 4) is 22.8 Å². The molecule has 0 aliphatic heterocycles. The van der Waals surface area contributed by atoms with Crippen molar-refractivity contribution in [2.75, 3.05) is 7.11 Å². The van der Waals surface area contributed by atoms with Crippen LogP contribution in [0.25, 0.3) is 17.1 Å². The van der Waals surface area contributed by atoms with Crippen molar-refractivity contribution in [2.24, 2.45) is 0 Å². The summed E-state index contributed by atoms with van der Waals surface area (Å²) in [4.78, 5) is 4.35. The topological polar surface area (TPSA) is 39.9 Å². The third kappa shape index (κ3) is 2.62. The first-order chi connectivity index (χ1) is 10.2. The predicted molar refractivity (Wildman–Crippen MR) is 83.1 cm³/mol. The van der Waals surface area contributed by atoms with Crippen molar-refractivity contribution < 1.29 is 4.74 Å². The second-order valence-corrected chi connectivity index (χ2v) is 5.03. The highest BCUT2D eigenvalue weighted by Gasteiger charge is 2.12. The highest BCUT2D eigenvalue weighted by Crippen LogP contribution is 2.31. The molecule has 0 atom stereocenters. The van der Waals surface area contributed by atoms with Gasteiger partial charge in [0.15, 0.2) is 5.82 Å². The highest BCUT2D eigenvalue weighted by molar-refractivity contribution is 6.32. The van der Waals surface area contributed by atoms with Gasteiger partial charge in [-0.3, -0.25) is 0 Å². The summed E-state index contributed by atoms with van der Waals surface area (Å²) in [5.74, 6) is 1.42. The fourth-order valence-electron chi connectivity index (χ4n) is 2.18. The van der Waals surface area contributed by atoms with E-state index in [2.05, 4.69) is 10.1 Å². The molecule has 106 valence electrons. The number of ether oxygens (including phenoxy) is 1. The van der Waals surface area contributed by atoms with Crippen LogP contribution in [-0.2, 0) is 0 Å². The van der Waals surface area contributed by atoms with Gasteiger partial charge in [0.1, 0.15) is 5.75 Å². The van der Waals surface area contributed by atoms with Crippen LogP contribution in [0.5, 0.6) is 5.75 Å². The maximum atomic E-state index is 6.21. The average molecular weight is 300 g/mol. The molecule has 0 saturated carbocycles. The van der Waals surface area contributed by atoms with Gasteiger partial charge in [-0.2, -0.15) is 5.10 Å². The van der Waals surface area contributed by atoms with E-state index in [-0.39, 0.29) is 0 Å². The molecule has 0 fully saturated rings. The molecule has 3 rings (SSSR count).